The molecule has 0 spiro atoms. The van der Waals surface area contributed by atoms with Gasteiger partial charge in [0.05, 0.1) is 0 Å². The van der Waals surface area contributed by atoms with Crippen LogP contribution in [0.5, 0.6) is 0 Å². The monoisotopic (exact) mass is 313 g/mol. The molecule has 20 heavy (non-hydrogen) atoms. The predicted molar refractivity (Wildman–Crippen MR) is 77.6 cm³/mol. The number of carbonyl (C=O) groups is 1. The molecule has 0 amide bonds. The van der Waals surface area contributed by atoms with Crippen LogP contribution in [0, 0.1) is 5.82 Å². The van der Waals surface area contributed by atoms with Crippen molar-refractivity contribution >= 4 is 28.9 Å². The van der Waals surface area contributed by atoms with E-state index < -0.39 is 17.3 Å². The van der Waals surface area contributed by atoms with Gasteiger partial charge < -0.3 is 5.11 Å². The van der Waals surface area contributed by atoms with Crippen LogP contribution in [0.1, 0.15) is 17.4 Å². The second-order valence-electron chi connectivity index (χ2n) is 4.49. The van der Waals surface area contributed by atoms with Gasteiger partial charge >= 0.3 is 5.97 Å². The van der Waals surface area contributed by atoms with Crippen LogP contribution in [0.25, 0.3) is 0 Å². The van der Waals surface area contributed by atoms with E-state index in [1.165, 1.54) is 30.4 Å². The molecule has 2 aromatic rings. The molecule has 106 valence electrons. The number of hydrogen-bond acceptors (Lipinski definition) is 3. The Balaban J connectivity index is 2.31. The maximum atomic E-state index is 13.1. The summed E-state index contributed by atoms with van der Waals surface area (Å²) in [6, 6.07) is 7.52. The molecule has 6 heteroatoms. The fourth-order valence-corrected chi connectivity index (χ4v) is 2.86. The van der Waals surface area contributed by atoms with Crippen molar-refractivity contribution in [3.05, 3.63) is 57.0 Å². The van der Waals surface area contributed by atoms with Crippen molar-refractivity contribution in [2.24, 2.45) is 0 Å². The Kier molecular flexibility index (Phi) is 4.42. The van der Waals surface area contributed by atoms with E-state index >= 15 is 0 Å². The van der Waals surface area contributed by atoms with Crippen molar-refractivity contribution < 1.29 is 14.3 Å². The second kappa shape index (κ2) is 5.91. The predicted octanol–water partition coefficient (Wildman–Crippen LogP) is 3.63. The average Bonchev–Trinajstić information content (AvgIpc) is 2.88. The van der Waals surface area contributed by atoms with E-state index in [4.69, 9.17) is 11.6 Å². The summed E-state index contributed by atoms with van der Waals surface area (Å²) in [6.45, 7) is 1.91. The van der Waals surface area contributed by atoms with E-state index in [9.17, 15) is 14.3 Å². The molecule has 1 atom stereocenters. The summed E-state index contributed by atoms with van der Waals surface area (Å²) in [7, 11) is 0. The van der Waals surface area contributed by atoms with Crippen molar-refractivity contribution in [2.45, 2.75) is 19.0 Å². The normalized spacial score (nSPS) is 13.9. The quantitative estimate of drug-likeness (QED) is 0.886. The molecular formula is C14H13ClFNO2S. The Morgan fingerprint density at radius 1 is 1.50 bits per heavy atom. The van der Waals surface area contributed by atoms with Crippen LogP contribution in [0.2, 0.25) is 5.02 Å². The lowest BCUT2D eigenvalue weighted by atomic mass is 9.92. The van der Waals surface area contributed by atoms with E-state index in [-0.39, 0.29) is 5.02 Å². The molecule has 1 aromatic heterocycles. The molecule has 0 bridgehead atoms. The molecule has 1 heterocycles. The van der Waals surface area contributed by atoms with E-state index in [2.05, 4.69) is 5.32 Å². The fraction of sp³-hybridized carbons (Fsp3) is 0.214. The van der Waals surface area contributed by atoms with Gasteiger partial charge in [0.2, 0.25) is 0 Å². The third-order valence-electron chi connectivity index (χ3n) is 3.09. The van der Waals surface area contributed by atoms with Gasteiger partial charge in [-0.15, -0.1) is 11.3 Å². The Labute approximate surface area is 125 Å². The number of carboxylic acid groups (broad SMARTS) is 1. The summed E-state index contributed by atoms with van der Waals surface area (Å²) in [4.78, 5) is 12.6. The first-order chi connectivity index (χ1) is 9.43. The number of carboxylic acids is 1. The molecule has 0 aliphatic heterocycles. The van der Waals surface area contributed by atoms with Gasteiger partial charge in [0.1, 0.15) is 11.4 Å². The van der Waals surface area contributed by atoms with Crippen molar-refractivity contribution in [2.75, 3.05) is 0 Å². The zero-order valence-corrected chi connectivity index (χ0v) is 12.3. The van der Waals surface area contributed by atoms with Gasteiger partial charge in [0.25, 0.3) is 0 Å². The van der Waals surface area contributed by atoms with Crippen molar-refractivity contribution in [3.8, 4) is 0 Å². The zero-order chi connectivity index (χ0) is 14.8. The molecule has 2 rings (SSSR count). The molecule has 3 nitrogen and oxygen atoms in total. The molecule has 0 fully saturated rings. The number of halogens is 2. The number of thiophene rings is 1. The maximum absolute atomic E-state index is 13.1. The van der Waals surface area contributed by atoms with Crippen LogP contribution in [-0.2, 0) is 16.9 Å². The second-order valence-corrected chi connectivity index (χ2v) is 5.93. The standard InChI is InChI=1S/C14H13ClFNO2S/c1-14(13(18)19,17-8-10-3-2-6-20-10)11-5-4-9(16)7-12(11)15/h2-7,17H,8H2,1H3,(H,18,19). The number of benzene rings is 1. The van der Waals surface area contributed by atoms with E-state index in [0.717, 1.165) is 10.9 Å². The minimum absolute atomic E-state index is 0.0913. The van der Waals surface area contributed by atoms with Crippen molar-refractivity contribution in [1.29, 1.82) is 0 Å². The summed E-state index contributed by atoms with van der Waals surface area (Å²) in [5.74, 6) is -1.56. The van der Waals surface area contributed by atoms with Crippen LogP contribution < -0.4 is 5.32 Å². The highest BCUT2D eigenvalue weighted by Gasteiger charge is 2.36. The van der Waals surface area contributed by atoms with Gasteiger partial charge in [-0.3, -0.25) is 5.32 Å². The fourth-order valence-electron chi connectivity index (χ4n) is 1.86. The minimum atomic E-state index is -1.38. The highest BCUT2D eigenvalue weighted by molar-refractivity contribution is 7.09. The van der Waals surface area contributed by atoms with Crippen LogP contribution in [-0.4, -0.2) is 11.1 Å². The van der Waals surface area contributed by atoms with Gasteiger partial charge in [-0.25, -0.2) is 9.18 Å². The number of hydrogen-bond donors (Lipinski definition) is 2. The molecule has 0 aliphatic carbocycles. The Morgan fingerprint density at radius 3 is 2.80 bits per heavy atom. The number of rotatable bonds is 5. The lowest BCUT2D eigenvalue weighted by Crippen LogP contribution is -2.46. The Hall–Kier alpha value is -1.43. The average molecular weight is 314 g/mol. The first kappa shape index (κ1) is 15.0. The lowest BCUT2D eigenvalue weighted by molar-refractivity contribution is -0.144. The highest BCUT2D eigenvalue weighted by Crippen LogP contribution is 2.29. The van der Waals surface area contributed by atoms with Gasteiger partial charge in [-0.1, -0.05) is 23.7 Å². The molecule has 0 aliphatic rings. The third kappa shape index (κ3) is 3.00. The van der Waals surface area contributed by atoms with Gasteiger partial charge in [0, 0.05) is 22.0 Å². The van der Waals surface area contributed by atoms with Crippen LogP contribution >= 0.6 is 22.9 Å². The molecule has 0 saturated carbocycles. The summed E-state index contributed by atoms with van der Waals surface area (Å²) in [5.41, 5.74) is -1.04. The minimum Gasteiger partial charge on any atom is -0.480 e. The molecule has 0 saturated heterocycles. The first-order valence-corrected chi connectivity index (χ1v) is 7.15. The van der Waals surface area contributed by atoms with Crippen LogP contribution in [0.4, 0.5) is 4.39 Å². The topological polar surface area (TPSA) is 49.3 Å². The SMILES string of the molecule is CC(NCc1cccs1)(C(=O)O)c1ccc(F)cc1Cl. The summed E-state index contributed by atoms with van der Waals surface area (Å²) < 4.78 is 13.1. The molecule has 1 unspecified atom stereocenters. The number of aliphatic carboxylic acids is 1. The summed E-state index contributed by atoms with van der Waals surface area (Å²) in [6.07, 6.45) is 0. The summed E-state index contributed by atoms with van der Waals surface area (Å²) in [5, 5.41) is 14.5. The third-order valence-corrected chi connectivity index (χ3v) is 4.28. The van der Waals surface area contributed by atoms with E-state index in [1.807, 2.05) is 17.5 Å². The molecule has 2 N–H and O–H groups in total. The van der Waals surface area contributed by atoms with Gasteiger partial charge in [-0.05, 0) is 30.5 Å². The van der Waals surface area contributed by atoms with Gasteiger partial charge in [0.15, 0.2) is 0 Å². The first-order valence-electron chi connectivity index (χ1n) is 5.90. The zero-order valence-electron chi connectivity index (χ0n) is 10.7. The largest absolute Gasteiger partial charge is 0.480 e. The molecule has 1 aromatic carbocycles. The van der Waals surface area contributed by atoms with Crippen molar-refractivity contribution in [1.82, 2.24) is 5.32 Å². The maximum Gasteiger partial charge on any atom is 0.328 e. The highest BCUT2D eigenvalue weighted by atomic mass is 35.5. The molecule has 0 radical (unpaired) electrons. The van der Waals surface area contributed by atoms with Crippen LogP contribution in [0.15, 0.2) is 35.7 Å². The number of nitrogens with one attached hydrogen (secondary N) is 1. The summed E-state index contributed by atoms with van der Waals surface area (Å²) >= 11 is 7.51. The van der Waals surface area contributed by atoms with E-state index in [1.54, 1.807) is 0 Å². The van der Waals surface area contributed by atoms with Gasteiger partial charge in [-0.2, -0.15) is 0 Å². The molecular weight excluding hydrogens is 301 g/mol. The van der Waals surface area contributed by atoms with Crippen molar-refractivity contribution in [3.63, 3.8) is 0 Å². The Morgan fingerprint density at radius 2 is 2.25 bits per heavy atom. The Bertz CT molecular complexity index is 618. The lowest BCUT2D eigenvalue weighted by Gasteiger charge is -2.27. The van der Waals surface area contributed by atoms with E-state index in [0.29, 0.717) is 12.1 Å². The van der Waals surface area contributed by atoms with Crippen LogP contribution in [0.3, 0.4) is 0 Å². The smallest absolute Gasteiger partial charge is 0.328 e.